The molecule has 0 unspecified atom stereocenters. The third-order valence-corrected chi connectivity index (χ3v) is 5.57. The van der Waals surface area contributed by atoms with Crippen molar-refractivity contribution in [3.8, 4) is 5.75 Å². The van der Waals surface area contributed by atoms with Gasteiger partial charge in [-0.2, -0.15) is 0 Å². The number of nitrogens with zero attached hydrogens (tertiary/aromatic N) is 1. The second-order valence-electron chi connectivity index (χ2n) is 6.34. The summed E-state index contributed by atoms with van der Waals surface area (Å²) in [6, 6.07) is 14.3. The van der Waals surface area contributed by atoms with E-state index in [0.29, 0.717) is 32.4 Å². The third-order valence-electron chi connectivity index (χ3n) is 4.46. The zero-order chi connectivity index (χ0) is 19.8. The Hall–Kier alpha value is -3.45. The summed E-state index contributed by atoms with van der Waals surface area (Å²) in [5.74, 6) is 0.318. The number of carbonyl (C=O) groups is 2. The first-order valence-electron chi connectivity index (χ1n) is 8.55. The predicted octanol–water partition coefficient (Wildman–Crippen LogP) is 4.50. The summed E-state index contributed by atoms with van der Waals surface area (Å²) < 4.78 is 5.24. The first-order valence-corrected chi connectivity index (χ1v) is 9.37. The SMILES string of the molecule is COc1ccc2cc3c(N)c(C(=O)Nc4cccc(C(C)=O)c4)sc3nc2c1. The number of pyridine rings is 1. The number of aromatic nitrogens is 1. The molecule has 0 aliphatic heterocycles. The predicted molar refractivity (Wildman–Crippen MR) is 112 cm³/mol. The van der Waals surface area contributed by atoms with Gasteiger partial charge in [0.2, 0.25) is 0 Å². The lowest BCUT2D eigenvalue weighted by molar-refractivity contribution is 0.101. The van der Waals surface area contributed by atoms with Crippen molar-refractivity contribution in [2.45, 2.75) is 6.92 Å². The summed E-state index contributed by atoms with van der Waals surface area (Å²) in [6.45, 7) is 1.48. The smallest absolute Gasteiger partial charge is 0.267 e. The largest absolute Gasteiger partial charge is 0.497 e. The number of fused-ring (bicyclic) bond motifs is 2. The Morgan fingerprint density at radius 1 is 1.14 bits per heavy atom. The van der Waals surface area contributed by atoms with E-state index in [4.69, 9.17) is 10.5 Å². The van der Waals surface area contributed by atoms with E-state index in [9.17, 15) is 9.59 Å². The van der Waals surface area contributed by atoms with Crippen molar-refractivity contribution in [1.29, 1.82) is 0 Å². The van der Waals surface area contributed by atoms with E-state index >= 15 is 0 Å². The number of methoxy groups -OCH3 is 1. The van der Waals surface area contributed by atoms with Crippen molar-refractivity contribution in [2.75, 3.05) is 18.2 Å². The van der Waals surface area contributed by atoms with E-state index in [-0.39, 0.29) is 11.7 Å². The van der Waals surface area contributed by atoms with Crippen LogP contribution in [0.1, 0.15) is 27.0 Å². The monoisotopic (exact) mass is 391 g/mol. The molecule has 1 amide bonds. The van der Waals surface area contributed by atoms with Crippen molar-refractivity contribution in [3.05, 3.63) is 59.0 Å². The molecular weight excluding hydrogens is 374 g/mol. The van der Waals surface area contributed by atoms with Crippen LogP contribution in [0.4, 0.5) is 11.4 Å². The molecule has 4 aromatic rings. The fourth-order valence-electron chi connectivity index (χ4n) is 2.97. The number of benzene rings is 2. The van der Waals surface area contributed by atoms with Gasteiger partial charge in [0, 0.05) is 28.1 Å². The molecule has 0 spiro atoms. The highest BCUT2D eigenvalue weighted by Crippen LogP contribution is 2.35. The van der Waals surface area contributed by atoms with Gasteiger partial charge in [-0.15, -0.1) is 11.3 Å². The number of nitrogens with one attached hydrogen (secondary N) is 1. The summed E-state index contributed by atoms with van der Waals surface area (Å²) in [5.41, 5.74) is 8.49. The normalized spacial score (nSPS) is 10.9. The first kappa shape index (κ1) is 17.9. The summed E-state index contributed by atoms with van der Waals surface area (Å²) in [4.78, 5) is 30.0. The average Bonchev–Trinajstić information content (AvgIpc) is 3.01. The molecule has 6 nitrogen and oxygen atoms in total. The molecule has 0 radical (unpaired) electrons. The van der Waals surface area contributed by atoms with Gasteiger partial charge >= 0.3 is 0 Å². The number of thiophene rings is 1. The Kier molecular flexibility index (Phi) is 4.44. The van der Waals surface area contributed by atoms with Gasteiger partial charge in [-0.3, -0.25) is 9.59 Å². The molecule has 0 atom stereocenters. The van der Waals surface area contributed by atoms with Crippen molar-refractivity contribution in [1.82, 2.24) is 4.98 Å². The van der Waals surface area contributed by atoms with Gasteiger partial charge in [0.05, 0.1) is 18.3 Å². The van der Waals surface area contributed by atoms with Gasteiger partial charge < -0.3 is 15.8 Å². The minimum absolute atomic E-state index is 0.0659. The van der Waals surface area contributed by atoms with Crippen LogP contribution in [0.2, 0.25) is 0 Å². The van der Waals surface area contributed by atoms with Crippen LogP contribution in [0.5, 0.6) is 5.75 Å². The molecule has 2 heterocycles. The standard InChI is InChI=1S/C21H17N3O3S/c1-11(25)12-4-3-5-14(8-12)23-20(26)19-18(22)16-9-13-6-7-15(27-2)10-17(13)24-21(16)28-19/h3-10H,22H2,1-2H3,(H,23,26). The second-order valence-corrected chi connectivity index (χ2v) is 7.33. The lowest BCUT2D eigenvalue weighted by Gasteiger charge is -2.05. The third kappa shape index (κ3) is 3.16. The number of ketones is 1. The zero-order valence-electron chi connectivity index (χ0n) is 15.3. The molecule has 0 fully saturated rings. The molecule has 0 saturated carbocycles. The molecule has 2 aromatic heterocycles. The van der Waals surface area contributed by atoms with Crippen LogP contribution in [-0.2, 0) is 0 Å². The van der Waals surface area contributed by atoms with Crippen LogP contribution >= 0.6 is 11.3 Å². The number of ether oxygens (including phenoxy) is 1. The molecule has 7 heteroatoms. The molecule has 3 N–H and O–H groups in total. The van der Waals surface area contributed by atoms with Gasteiger partial charge in [-0.05, 0) is 37.3 Å². The topological polar surface area (TPSA) is 94.3 Å². The van der Waals surface area contributed by atoms with E-state index in [1.807, 2.05) is 24.3 Å². The Labute approximate surface area is 164 Å². The molecule has 2 aromatic carbocycles. The van der Waals surface area contributed by atoms with Crippen LogP contribution in [0.3, 0.4) is 0 Å². The number of nitrogen functional groups attached to an aromatic ring is 1. The number of hydrogen-bond acceptors (Lipinski definition) is 6. The molecule has 0 aliphatic rings. The summed E-state index contributed by atoms with van der Waals surface area (Å²) >= 11 is 1.23. The minimum atomic E-state index is -0.331. The van der Waals surface area contributed by atoms with Gasteiger partial charge in [0.15, 0.2) is 5.78 Å². The fourth-order valence-corrected chi connectivity index (χ4v) is 3.95. The van der Waals surface area contributed by atoms with E-state index < -0.39 is 0 Å². The molecule has 0 aliphatic carbocycles. The highest BCUT2D eigenvalue weighted by Gasteiger charge is 2.18. The number of hydrogen-bond donors (Lipinski definition) is 2. The molecular formula is C21H17N3O3S. The lowest BCUT2D eigenvalue weighted by atomic mass is 10.1. The number of rotatable bonds is 4. The van der Waals surface area contributed by atoms with Crippen LogP contribution in [0.15, 0.2) is 48.5 Å². The van der Waals surface area contributed by atoms with Crippen molar-refractivity contribution in [2.24, 2.45) is 0 Å². The van der Waals surface area contributed by atoms with Crippen LogP contribution in [-0.4, -0.2) is 23.8 Å². The Balaban J connectivity index is 1.72. The Morgan fingerprint density at radius 2 is 1.96 bits per heavy atom. The van der Waals surface area contributed by atoms with E-state index in [1.54, 1.807) is 31.4 Å². The van der Waals surface area contributed by atoms with E-state index in [1.165, 1.54) is 18.3 Å². The molecule has 4 rings (SSSR count). The number of carbonyl (C=O) groups excluding carboxylic acids is 2. The van der Waals surface area contributed by atoms with Gasteiger partial charge in [-0.1, -0.05) is 12.1 Å². The first-order chi connectivity index (χ1) is 13.5. The average molecular weight is 391 g/mol. The van der Waals surface area contributed by atoms with E-state index in [0.717, 1.165) is 16.3 Å². The van der Waals surface area contributed by atoms with Crippen molar-refractivity contribution >= 4 is 55.5 Å². The number of nitrogens with two attached hydrogens (primary N) is 1. The van der Waals surface area contributed by atoms with Crippen LogP contribution in [0, 0.1) is 0 Å². The maximum atomic E-state index is 12.8. The molecule has 0 saturated heterocycles. The quantitative estimate of drug-likeness (QED) is 0.500. The number of Topliss-reactive ketones (excluding diaryl/α,β-unsaturated/α-hetero) is 1. The minimum Gasteiger partial charge on any atom is -0.497 e. The lowest BCUT2D eigenvalue weighted by Crippen LogP contribution is -2.12. The summed E-state index contributed by atoms with van der Waals surface area (Å²) in [6.07, 6.45) is 0. The molecule has 0 bridgehead atoms. The Morgan fingerprint density at radius 3 is 2.71 bits per heavy atom. The molecule has 28 heavy (non-hydrogen) atoms. The van der Waals surface area contributed by atoms with Crippen LogP contribution in [0.25, 0.3) is 21.1 Å². The van der Waals surface area contributed by atoms with E-state index in [2.05, 4.69) is 10.3 Å². The number of amides is 1. The summed E-state index contributed by atoms with van der Waals surface area (Å²) in [5, 5.41) is 4.46. The highest BCUT2D eigenvalue weighted by molar-refractivity contribution is 7.21. The maximum absolute atomic E-state index is 12.8. The van der Waals surface area contributed by atoms with Gasteiger partial charge in [0.25, 0.3) is 5.91 Å². The van der Waals surface area contributed by atoms with Gasteiger partial charge in [-0.25, -0.2) is 4.98 Å². The second kappa shape index (κ2) is 6.94. The van der Waals surface area contributed by atoms with Crippen molar-refractivity contribution < 1.29 is 14.3 Å². The maximum Gasteiger partial charge on any atom is 0.267 e. The summed E-state index contributed by atoms with van der Waals surface area (Å²) in [7, 11) is 1.60. The number of anilines is 2. The van der Waals surface area contributed by atoms with Crippen LogP contribution < -0.4 is 15.8 Å². The Bertz CT molecular complexity index is 1250. The van der Waals surface area contributed by atoms with Crippen molar-refractivity contribution in [3.63, 3.8) is 0 Å². The van der Waals surface area contributed by atoms with Gasteiger partial charge in [0.1, 0.15) is 15.5 Å². The highest BCUT2D eigenvalue weighted by atomic mass is 32.1. The zero-order valence-corrected chi connectivity index (χ0v) is 16.1. The molecule has 140 valence electrons. The fraction of sp³-hybridized carbons (Fsp3) is 0.0952.